The number of fused-ring (bicyclic) bond motifs is 1. The monoisotopic (exact) mass is 368 g/mol. The number of hydrogen-bond acceptors (Lipinski definition) is 2. The van der Waals surface area contributed by atoms with Crippen molar-refractivity contribution in [3.8, 4) is 17.1 Å². The van der Waals surface area contributed by atoms with Crippen LogP contribution in [0.25, 0.3) is 34.6 Å². The molecule has 0 radical (unpaired) electrons. The molecular formula is C25H24N2O. The molecule has 0 aliphatic heterocycles. The first-order chi connectivity index (χ1) is 13.7. The number of rotatable bonds is 6. The Morgan fingerprint density at radius 3 is 2.29 bits per heavy atom. The summed E-state index contributed by atoms with van der Waals surface area (Å²) in [7, 11) is 0. The fourth-order valence-corrected chi connectivity index (χ4v) is 3.20. The standard InChI is InChI=1S/C25H24N2O/c1-3-18-5-7-19(8-6-18)9-10-20-11-16-23-24(17-20)27-25(26-23)21-12-14-22(15-13-21)28-4-2/h5-17H,3-4H2,1-2H3,(H,26,27). The molecule has 1 heterocycles. The molecule has 4 rings (SSSR count). The number of imidazole rings is 1. The Hall–Kier alpha value is -3.33. The highest BCUT2D eigenvalue weighted by molar-refractivity contribution is 5.83. The molecule has 0 aliphatic carbocycles. The van der Waals surface area contributed by atoms with Crippen LogP contribution in [0.5, 0.6) is 5.75 Å². The third-order valence-electron chi connectivity index (χ3n) is 4.80. The Bertz CT molecular complexity index is 1090. The van der Waals surface area contributed by atoms with Crippen LogP contribution in [0.2, 0.25) is 0 Å². The Kier molecular flexibility index (Phi) is 5.24. The minimum Gasteiger partial charge on any atom is -0.494 e. The van der Waals surface area contributed by atoms with Crippen molar-refractivity contribution >= 4 is 23.2 Å². The van der Waals surface area contributed by atoms with E-state index in [0.29, 0.717) is 6.61 Å². The summed E-state index contributed by atoms with van der Waals surface area (Å²) in [6.45, 7) is 4.83. The van der Waals surface area contributed by atoms with Gasteiger partial charge in [-0.15, -0.1) is 0 Å². The van der Waals surface area contributed by atoms with Crippen LogP contribution in [0.15, 0.2) is 66.7 Å². The van der Waals surface area contributed by atoms with Crippen LogP contribution in [0, 0.1) is 0 Å². The summed E-state index contributed by atoms with van der Waals surface area (Å²) < 4.78 is 5.51. The molecular weight excluding hydrogens is 344 g/mol. The van der Waals surface area contributed by atoms with Crippen molar-refractivity contribution in [1.82, 2.24) is 9.97 Å². The van der Waals surface area contributed by atoms with E-state index >= 15 is 0 Å². The number of H-pyrrole nitrogens is 1. The van der Waals surface area contributed by atoms with Gasteiger partial charge in [0, 0.05) is 5.56 Å². The van der Waals surface area contributed by atoms with Crippen molar-refractivity contribution in [3.63, 3.8) is 0 Å². The summed E-state index contributed by atoms with van der Waals surface area (Å²) in [5, 5.41) is 0. The van der Waals surface area contributed by atoms with Crippen molar-refractivity contribution in [2.45, 2.75) is 20.3 Å². The maximum absolute atomic E-state index is 5.51. The van der Waals surface area contributed by atoms with Crippen LogP contribution < -0.4 is 4.74 Å². The number of benzene rings is 3. The second-order valence-electron chi connectivity index (χ2n) is 6.75. The average Bonchev–Trinajstić information content (AvgIpc) is 3.17. The van der Waals surface area contributed by atoms with Crippen LogP contribution >= 0.6 is 0 Å². The van der Waals surface area contributed by atoms with E-state index in [1.165, 1.54) is 11.1 Å². The molecule has 28 heavy (non-hydrogen) atoms. The SMILES string of the molecule is CCOc1ccc(-c2nc3ccc(C=Cc4ccc(CC)cc4)cc3[nH]2)cc1. The maximum Gasteiger partial charge on any atom is 0.138 e. The Balaban J connectivity index is 1.56. The Morgan fingerprint density at radius 1 is 0.857 bits per heavy atom. The van der Waals surface area contributed by atoms with E-state index in [-0.39, 0.29) is 0 Å². The van der Waals surface area contributed by atoms with Gasteiger partial charge in [-0.1, -0.05) is 49.4 Å². The summed E-state index contributed by atoms with van der Waals surface area (Å²) in [6.07, 6.45) is 5.35. The molecule has 4 aromatic rings. The van der Waals surface area contributed by atoms with E-state index in [1.807, 2.05) is 31.2 Å². The predicted molar refractivity (Wildman–Crippen MR) is 117 cm³/mol. The van der Waals surface area contributed by atoms with Gasteiger partial charge in [-0.05, 0) is 66.4 Å². The molecule has 0 atom stereocenters. The van der Waals surface area contributed by atoms with Gasteiger partial charge in [0.25, 0.3) is 0 Å². The van der Waals surface area contributed by atoms with E-state index < -0.39 is 0 Å². The van der Waals surface area contributed by atoms with Gasteiger partial charge in [0.05, 0.1) is 17.6 Å². The van der Waals surface area contributed by atoms with Crippen LogP contribution in [-0.4, -0.2) is 16.6 Å². The molecule has 0 saturated heterocycles. The van der Waals surface area contributed by atoms with Crippen molar-refractivity contribution in [2.75, 3.05) is 6.61 Å². The highest BCUT2D eigenvalue weighted by atomic mass is 16.5. The first kappa shape index (κ1) is 18.1. The van der Waals surface area contributed by atoms with Crippen LogP contribution in [0.4, 0.5) is 0 Å². The number of aromatic amines is 1. The Labute approximate surface area is 165 Å². The van der Waals surface area contributed by atoms with Crippen molar-refractivity contribution in [1.29, 1.82) is 0 Å². The number of aryl methyl sites for hydroxylation is 1. The molecule has 0 aliphatic rings. The zero-order valence-corrected chi connectivity index (χ0v) is 16.3. The van der Waals surface area contributed by atoms with Gasteiger partial charge in [-0.2, -0.15) is 0 Å². The molecule has 1 N–H and O–H groups in total. The summed E-state index contributed by atoms with van der Waals surface area (Å²) in [6, 6.07) is 23.0. The quantitative estimate of drug-likeness (QED) is 0.402. The van der Waals surface area contributed by atoms with E-state index in [0.717, 1.165) is 40.2 Å². The molecule has 0 amide bonds. The lowest BCUT2D eigenvalue weighted by Gasteiger charge is -2.02. The van der Waals surface area contributed by atoms with Gasteiger partial charge >= 0.3 is 0 Å². The summed E-state index contributed by atoms with van der Waals surface area (Å²) >= 11 is 0. The zero-order valence-electron chi connectivity index (χ0n) is 16.3. The highest BCUT2D eigenvalue weighted by Gasteiger charge is 2.06. The first-order valence-electron chi connectivity index (χ1n) is 9.75. The molecule has 140 valence electrons. The molecule has 0 saturated carbocycles. The van der Waals surface area contributed by atoms with Gasteiger partial charge in [-0.3, -0.25) is 0 Å². The number of nitrogens with zero attached hydrogens (tertiary/aromatic N) is 1. The van der Waals surface area contributed by atoms with E-state index in [1.54, 1.807) is 0 Å². The second kappa shape index (κ2) is 8.13. The third kappa shape index (κ3) is 3.99. The highest BCUT2D eigenvalue weighted by Crippen LogP contribution is 2.24. The number of aromatic nitrogens is 2. The van der Waals surface area contributed by atoms with Gasteiger partial charge in [0.2, 0.25) is 0 Å². The third-order valence-corrected chi connectivity index (χ3v) is 4.80. The summed E-state index contributed by atoms with van der Waals surface area (Å²) in [4.78, 5) is 8.15. The fourth-order valence-electron chi connectivity index (χ4n) is 3.20. The lowest BCUT2D eigenvalue weighted by atomic mass is 10.1. The van der Waals surface area contributed by atoms with Gasteiger partial charge in [0.1, 0.15) is 11.6 Å². The first-order valence-corrected chi connectivity index (χ1v) is 9.75. The molecule has 0 unspecified atom stereocenters. The van der Waals surface area contributed by atoms with Gasteiger partial charge < -0.3 is 9.72 Å². The lowest BCUT2D eigenvalue weighted by molar-refractivity contribution is 0.340. The topological polar surface area (TPSA) is 37.9 Å². The largest absolute Gasteiger partial charge is 0.494 e. The molecule has 3 nitrogen and oxygen atoms in total. The number of nitrogens with one attached hydrogen (secondary N) is 1. The lowest BCUT2D eigenvalue weighted by Crippen LogP contribution is -1.90. The molecule has 0 spiro atoms. The molecule has 3 aromatic carbocycles. The Morgan fingerprint density at radius 2 is 1.57 bits per heavy atom. The average molecular weight is 368 g/mol. The summed E-state index contributed by atoms with van der Waals surface area (Å²) in [5.41, 5.74) is 6.76. The minimum absolute atomic E-state index is 0.670. The van der Waals surface area contributed by atoms with Crippen molar-refractivity contribution < 1.29 is 4.74 Å². The zero-order chi connectivity index (χ0) is 19.3. The normalized spacial score (nSPS) is 11.4. The van der Waals surface area contributed by atoms with Crippen LogP contribution in [0.1, 0.15) is 30.5 Å². The predicted octanol–water partition coefficient (Wildman–Crippen LogP) is 6.36. The van der Waals surface area contributed by atoms with Crippen molar-refractivity contribution in [2.24, 2.45) is 0 Å². The molecule has 1 aromatic heterocycles. The molecule has 0 bridgehead atoms. The van der Waals surface area contributed by atoms with Crippen LogP contribution in [0.3, 0.4) is 0 Å². The van der Waals surface area contributed by atoms with E-state index in [9.17, 15) is 0 Å². The van der Waals surface area contributed by atoms with Crippen molar-refractivity contribution in [3.05, 3.63) is 83.4 Å². The second-order valence-corrected chi connectivity index (χ2v) is 6.75. The molecule has 3 heteroatoms. The fraction of sp³-hybridized carbons (Fsp3) is 0.160. The van der Waals surface area contributed by atoms with E-state index in [2.05, 4.69) is 66.5 Å². The smallest absolute Gasteiger partial charge is 0.138 e. The number of ether oxygens (including phenoxy) is 1. The molecule has 0 fully saturated rings. The number of hydrogen-bond donors (Lipinski definition) is 1. The van der Waals surface area contributed by atoms with Gasteiger partial charge in [0.15, 0.2) is 0 Å². The maximum atomic E-state index is 5.51. The van der Waals surface area contributed by atoms with Crippen LogP contribution in [-0.2, 0) is 6.42 Å². The van der Waals surface area contributed by atoms with Gasteiger partial charge in [-0.25, -0.2) is 4.98 Å². The minimum atomic E-state index is 0.670. The van der Waals surface area contributed by atoms with E-state index in [4.69, 9.17) is 9.72 Å². The summed E-state index contributed by atoms with van der Waals surface area (Å²) in [5.74, 6) is 1.75.